The van der Waals surface area contributed by atoms with Crippen molar-refractivity contribution >= 4 is 17.6 Å². The number of hydrogen-bond donors (Lipinski definition) is 1. The highest BCUT2D eigenvalue weighted by molar-refractivity contribution is 5.93. The summed E-state index contributed by atoms with van der Waals surface area (Å²) in [5.74, 6) is 0.544. The summed E-state index contributed by atoms with van der Waals surface area (Å²) in [6.45, 7) is 3.18. The van der Waals surface area contributed by atoms with E-state index in [1.54, 1.807) is 24.3 Å². The number of amides is 1. The summed E-state index contributed by atoms with van der Waals surface area (Å²) >= 11 is 0. The number of anilines is 1. The monoisotopic (exact) mass is 373 g/mol. The van der Waals surface area contributed by atoms with Crippen LogP contribution in [0.5, 0.6) is 17.2 Å². The Bertz CT molecular complexity index is 818. The Labute approximate surface area is 158 Å². The molecule has 0 radical (unpaired) electrons. The van der Waals surface area contributed by atoms with Crippen LogP contribution < -0.4 is 19.5 Å². The summed E-state index contributed by atoms with van der Waals surface area (Å²) in [6.07, 6.45) is 0. The third kappa shape index (κ3) is 5.64. The van der Waals surface area contributed by atoms with Crippen molar-refractivity contribution in [1.29, 1.82) is 0 Å². The standard InChI is InChI=1S/C20H23NO6/c1-13-6-5-7-16(14(13)2)26-12-20(23)27-11-19(22)21-15-8-9-17(24-3)18(10-15)25-4/h5-10H,11-12H2,1-4H3,(H,21,22). The summed E-state index contributed by atoms with van der Waals surface area (Å²) in [5.41, 5.74) is 2.52. The molecule has 0 spiro atoms. The first-order chi connectivity index (χ1) is 12.9. The second-order valence-corrected chi connectivity index (χ2v) is 5.77. The van der Waals surface area contributed by atoms with Gasteiger partial charge in [0, 0.05) is 11.8 Å². The van der Waals surface area contributed by atoms with Gasteiger partial charge in [-0.25, -0.2) is 4.79 Å². The number of ether oxygens (including phenoxy) is 4. The van der Waals surface area contributed by atoms with Crippen molar-refractivity contribution in [3.8, 4) is 17.2 Å². The Hall–Kier alpha value is -3.22. The maximum Gasteiger partial charge on any atom is 0.344 e. The van der Waals surface area contributed by atoms with E-state index in [0.29, 0.717) is 22.9 Å². The molecule has 0 aliphatic rings. The molecule has 7 nitrogen and oxygen atoms in total. The molecule has 0 heterocycles. The van der Waals surface area contributed by atoms with E-state index in [2.05, 4.69) is 5.32 Å². The largest absolute Gasteiger partial charge is 0.493 e. The van der Waals surface area contributed by atoms with Crippen LogP contribution in [-0.4, -0.2) is 39.3 Å². The van der Waals surface area contributed by atoms with Crippen molar-refractivity contribution in [2.24, 2.45) is 0 Å². The minimum Gasteiger partial charge on any atom is -0.493 e. The highest BCUT2D eigenvalue weighted by Gasteiger charge is 2.11. The van der Waals surface area contributed by atoms with Crippen molar-refractivity contribution in [2.45, 2.75) is 13.8 Å². The van der Waals surface area contributed by atoms with E-state index in [-0.39, 0.29) is 6.61 Å². The molecule has 2 aromatic carbocycles. The summed E-state index contributed by atoms with van der Waals surface area (Å²) in [5, 5.41) is 2.62. The molecule has 2 rings (SSSR count). The highest BCUT2D eigenvalue weighted by atomic mass is 16.6. The number of hydrogen-bond acceptors (Lipinski definition) is 6. The number of aryl methyl sites for hydroxylation is 1. The molecular formula is C20H23NO6. The number of methoxy groups -OCH3 is 2. The van der Waals surface area contributed by atoms with Gasteiger partial charge in [0.2, 0.25) is 0 Å². The number of rotatable bonds is 8. The summed E-state index contributed by atoms with van der Waals surface area (Å²) in [4.78, 5) is 23.7. The van der Waals surface area contributed by atoms with E-state index in [9.17, 15) is 9.59 Å². The molecule has 0 unspecified atom stereocenters. The lowest BCUT2D eigenvalue weighted by atomic mass is 10.1. The van der Waals surface area contributed by atoms with Crippen molar-refractivity contribution in [1.82, 2.24) is 0 Å². The molecule has 0 fully saturated rings. The minimum atomic E-state index is -0.627. The first-order valence-electron chi connectivity index (χ1n) is 8.31. The molecule has 144 valence electrons. The predicted molar refractivity (Wildman–Crippen MR) is 101 cm³/mol. The molecule has 0 atom stereocenters. The first kappa shape index (κ1) is 20.1. The Morgan fingerprint density at radius 1 is 0.926 bits per heavy atom. The fraction of sp³-hybridized carbons (Fsp3) is 0.300. The van der Waals surface area contributed by atoms with Gasteiger partial charge in [0.1, 0.15) is 5.75 Å². The molecule has 2 aromatic rings. The smallest absolute Gasteiger partial charge is 0.344 e. The summed E-state index contributed by atoms with van der Waals surface area (Å²) < 4.78 is 20.7. The van der Waals surface area contributed by atoms with Gasteiger partial charge in [0.25, 0.3) is 5.91 Å². The average Bonchev–Trinajstić information content (AvgIpc) is 2.67. The quantitative estimate of drug-likeness (QED) is 0.717. The third-order valence-electron chi connectivity index (χ3n) is 3.93. The Morgan fingerprint density at radius 3 is 2.37 bits per heavy atom. The molecule has 0 aromatic heterocycles. The van der Waals surface area contributed by atoms with Crippen LogP contribution in [0.4, 0.5) is 5.69 Å². The molecule has 7 heteroatoms. The van der Waals surface area contributed by atoms with E-state index in [4.69, 9.17) is 18.9 Å². The van der Waals surface area contributed by atoms with Gasteiger partial charge in [-0.2, -0.15) is 0 Å². The van der Waals surface area contributed by atoms with E-state index < -0.39 is 18.5 Å². The zero-order chi connectivity index (χ0) is 19.8. The maximum atomic E-state index is 11.9. The van der Waals surface area contributed by atoms with Gasteiger partial charge in [-0.1, -0.05) is 12.1 Å². The zero-order valence-corrected chi connectivity index (χ0v) is 15.8. The van der Waals surface area contributed by atoms with E-state index >= 15 is 0 Å². The van der Waals surface area contributed by atoms with Crippen LogP contribution in [-0.2, 0) is 14.3 Å². The van der Waals surface area contributed by atoms with Gasteiger partial charge in [-0.05, 0) is 43.2 Å². The van der Waals surface area contributed by atoms with E-state index in [1.807, 2.05) is 26.0 Å². The van der Waals surface area contributed by atoms with Crippen LogP contribution in [0.1, 0.15) is 11.1 Å². The van der Waals surface area contributed by atoms with Gasteiger partial charge in [0.05, 0.1) is 14.2 Å². The third-order valence-corrected chi connectivity index (χ3v) is 3.93. The summed E-state index contributed by atoms with van der Waals surface area (Å²) in [7, 11) is 3.02. The SMILES string of the molecule is COc1ccc(NC(=O)COC(=O)COc2cccc(C)c2C)cc1OC. The lowest BCUT2D eigenvalue weighted by Crippen LogP contribution is -2.23. The van der Waals surface area contributed by atoms with Gasteiger partial charge in [-0.3, -0.25) is 4.79 Å². The van der Waals surface area contributed by atoms with Crippen LogP contribution in [0.25, 0.3) is 0 Å². The Balaban J connectivity index is 1.81. The second kappa shape index (κ2) is 9.47. The zero-order valence-electron chi connectivity index (χ0n) is 15.8. The molecule has 27 heavy (non-hydrogen) atoms. The topological polar surface area (TPSA) is 83.1 Å². The molecule has 0 saturated heterocycles. The normalized spacial score (nSPS) is 10.1. The molecule has 0 saturated carbocycles. The fourth-order valence-electron chi connectivity index (χ4n) is 2.32. The number of nitrogens with one attached hydrogen (secondary N) is 1. The number of esters is 1. The van der Waals surface area contributed by atoms with Gasteiger partial charge in [-0.15, -0.1) is 0 Å². The van der Waals surface area contributed by atoms with Crippen molar-refractivity contribution in [2.75, 3.05) is 32.8 Å². The van der Waals surface area contributed by atoms with Crippen molar-refractivity contribution < 1.29 is 28.5 Å². The van der Waals surface area contributed by atoms with Crippen LogP contribution in [0.2, 0.25) is 0 Å². The molecular weight excluding hydrogens is 350 g/mol. The van der Waals surface area contributed by atoms with Gasteiger partial charge >= 0.3 is 5.97 Å². The lowest BCUT2D eigenvalue weighted by molar-refractivity contribution is -0.149. The molecule has 0 bridgehead atoms. The van der Waals surface area contributed by atoms with Crippen molar-refractivity contribution in [3.63, 3.8) is 0 Å². The first-order valence-corrected chi connectivity index (χ1v) is 8.31. The van der Waals surface area contributed by atoms with Gasteiger partial charge < -0.3 is 24.3 Å². The lowest BCUT2D eigenvalue weighted by Gasteiger charge is -2.12. The fourth-order valence-corrected chi connectivity index (χ4v) is 2.32. The van der Waals surface area contributed by atoms with E-state index in [1.165, 1.54) is 14.2 Å². The number of benzene rings is 2. The average molecular weight is 373 g/mol. The predicted octanol–water partition coefficient (Wildman–Crippen LogP) is 2.88. The molecule has 1 N–H and O–H groups in total. The van der Waals surface area contributed by atoms with Crippen LogP contribution >= 0.6 is 0 Å². The Kier molecular flexibility index (Phi) is 7.05. The maximum absolute atomic E-state index is 11.9. The van der Waals surface area contributed by atoms with Gasteiger partial charge in [0.15, 0.2) is 24.7 Å². The van der Waals surface area contributed by atoms with Crippen molar-refractivity contribution in [3.05, 3.63) is 47.5 Å². The molecule has 1 amide bonds. The molecule has 0 aliphatic carbocycles. The summed E-state index contributed by atoms with van der Waals surface area (Å²) in [6, 6.07) is 10.5. The number of carbonyl (C=O) groups is 2. The van der Waals surface area contributed by atoms with E-state index in [0.717, 1.165) is 11.1 Å². The van der Waals surface area contributed by atoms with Crippen LogP contribution in [0.3, 0.4) is 0 Å². The molecule has 0 aliphatic heterocycles. The minimum absolute atomic E-state index is 0.270. The van der Waals surface area contributed by atoms with Crippen LogP contribution in [0.15, 0.2) is 36.4 Å². The van der Waals surface area contributed by atoms with Crippen LogP contribution in [0, 0.1) is 13.8 Å². The number of carbonyl (C=O) groups excluding carboxylic acids is 2. The highest BCUT2D eigenvalue weighted by Crippen LogP contribution is 2.29. The second-order valence-electron chi connectivity index (χ2n) is 5.77. The Morgan fingerprint density at radius 2 is 1.67 bits per heavy atom.